The van der Waals surface area contributed by atoms with Crippen molar-refractivity contribution >= 4 is 45.7 Å². The van der Waals surface area contributed by atoms with Crippen LogP contribution in [0, 0.1) is 0 Å². The summed E-state index contributed by atoms with van der Waals surface area (Å²) in [7, 11) is 0. The SMILES string of the molecule is CCOc1c(Cl)cc(C(=O)Nc2ccc(OCC)c3ncccc23)cc1Cl. The molecule has 0 radical (unpaired) electrons. The van der Waals surface area contributed by atoms with Gasteiger partial charge in [-0.25, -0.2) is 0 Å². The number of ether oxygens (including phenoxy) is 2. The molecule has 0 aliphatic carbocycles. The maximum atomic E-state index is 12.7. The van der Waals surface area contributed by atoms with Crippen LogP contribution in [0.5, 0.6) is 11.5 Å². The topological polar surface area (TPSA) is 60.5 Å². The van der Waals surface area contributed by atoms with Gasteiger partial charge in [0.15, 0.2) is 5.75 Å². The van der Waals surface area contributed by atoms with Gasteiger partial charge in [-0.2, -0.15) is 0 Å². The molecule has 1 aromatic heterocycles. The van der Waals surface area contributed by atoms with Crippen molar-refractivity contribution in [3.8, 4) is 11.5 Å². The molecule has 0 spiro atoms. The fourth-order valence-corrected chi connectivity index (χ4v) is 3.29. The van der Waals surface area contributed by atoms with Gasteiger partial charge in [0.2, 0.25) is 0 Å². The number of nitrogens with zero attached hydrogens (tertiary/aromatic N) is 1. The van der Waals surface area contributed by atoms with Gasteiger partial charge in [0, 0.05) is 17.1 Å². The van der Waals surface area contributed by atoms with Crippen LogP contribution >= 0.6 is 23.2 Å². The van der Waals surface area contributed by atoms with Gasteiger partial charge in [-0.05, 0) is 50.2 Å². The third kappa shape index (κ3) is 4.10. The lowest BCUT2D eigenvalue weighted by Crippen LogP contribution is -2.13. The van der Waals surface area contributed by atoms with E-state index in [1.807, 2.05) is 19.9 Å². The maximum absolute atomic E-state index is 12.7. The molecule has 2 aromatic carbocycles. The number of pyridine rings is 1. The normalized spacial score (nSPS) is 10.7. The van der Waals surface area contributed by atoms with Crippen LogP contribution in [0.1, 0.15) is 24.2 Å². The van der Waals surface area contributed by atoms with Gasteiger partial charge >= 0.3 is 0 Å². The van der Waals surface area contributed by atoms with E-state index in [9.17, 15) is 4.79 Å². The Morgan fingerprint density at radius 2 is 1.78 bits per heavy atom. The van der Waals surface area contributed by atoms with E-state index in [-0.39, 0.29) is 16.0 Å². The molecule has 0 bridgehead atoms. The molecule has 0 saturated heterocycles. The highest BCUT2D eigenvalue weighted by Gasteiger charge is 2.16. The largest absolute Gasteiger partial charge is 0.492 e. The van der Waals surface area contributed by atoms with E-state index in [0.29, 0.717) is 41.5 Å². The Kier molecular flexibility index (Phi) is 6.04. The van der Waals surface area contributed by atoms with Crippen molar-refractivity contribution < 1.29 is 14.3 Å². The molecular formula is C20H18Cl2N2O3. The zero-order valence-electron chi connectivity index (χ0n) is 14.9. The van der Waals surface area contributed by atoms with Crippen LogP contribution < -0.4 is 14.8 Å². The first-order chi connectivity index (χ1) is 13.0. The maximum Gasteiger partial charge on any atom is 0.255 e. The molecule has 1 heterocycles. The lowest BCUT2D eigenvalue weighted by Gasteiger charge is -2.13. The van der Waals surface area contributed by atoms with Gasteiger partial charge in [-0.3, -0.25) is 9.78 Å². The molecule has 0 aliphatic heterocycles. The number of carbonyl (C=O) groups excluding carboxylic acids is 1. The zero-order chi connectivity index (χ0) is 19.4. The zero-order valence-corrected chi connectivity index (χ0v) is 16.4. The summed E-state index contributed by atoms with van der Waals surface area (Å²) < 4.78 is 11.0. The summed E-state index contributed by atoms with van der Waals surface area (Å²) in [6, 6.07) is 10.3. The molecule has 27 heavy (non-hydrogen) atoms. The number of amides is 1. The number of hydrogen-bond acceptors (Lipinski definition) is 4. The quantitative estimate of drug-likeness (QED) is 0.581. The molecule has 0 aliphatic rings. The molecule has 0 saturated carbocycles. The highest BCUT2D eigenvalue weighted by Crippen LogP contribution is 2.35. The number of halogens is 2. The van der Waals surface area contributed by atoms with Gasteiger partial charge < -0.3 is 14.8 Å². The van der Waals surface area contributed by atoms with Crippen LogP contribution in [0.2, 0.25) is 10.0 Å². The molecule has 5 nitrogen and oxygen atoms in total. The predicted molar refractivity (Wildman–Crippen MR) is 108 cm³/mol. The van der Waals surface area contributed by atoms with Crippen molar-refractivity contribution in [2.45, 2.75) is 13.8 Å². The van der Waals surface area contributed by atoms with Crippen LogP contribution in [0.3, 0.4) is 0 Å². The van der Waals surface area contributed by atoms with Crippen LogP contribution in [0.4, 0.5) is 5.69 Å². The van der Waals surface area contributed by atoms with Gasteiger partial charge in [0.25, 0.3) is 5.91 Å². The van der Waals surface area contributed by atoms with Crippen molar-refractivity contribution in [3.05, 3.63) is 58.2 Å². The van der Waals surface area contributed by atoms with Crippen molar-refractivity contribution in [1.82, 2.24) is 4.98 Å². The number of nitrogens with one attached hydrogen (secondary N) is 1. The molecule has 0 atom stereocenters. The van der Waals surface area contributed by atoms with Crippen molar-refractivity contribution in [1.29, 1.82) is 0 Å². The van der Waals surface area contributed by atoms with E-state index in [1.54, 1.807) is 24.4 Å². The smallest absolute Gasteiger partial charge is 0.255 e. The molecule has 3 rings (SSSR count). The van der Waals surface area contributed by atoms with E-state index in [2.05, 4.69) is 10.3 Å². The van der Waals surface area contributed by atoms with Crippen molar-refractivity contribution in [2.24, 2.45) is 0 Å². The van der Waals surface area contributed by atoms with E-state index >= 15 is 0 Å². The van der Waals surface area contributed by atoms with E-state index in [0.717, 1.165) is 5.39 Å². The Labute approximate surface area is 167 Å². The lowest BCUT2D eigenvalue weighted by atomic mass is 10.1. The summed E-state index contributed by atoms with van der Waals surface area (Å²) in [4.78, 5) is 17.1. The summed E-state index contributed by atoms with van der Waals surface area (Å²) in [6.45, 7) is 4.69. The van der Waals surface area contributed by atoms with Crippen molar-refractivity contribution in [3.63, 3.8) is 0 Å². The fourth-order valence-electron chi connectivity index (χ4n) is 2.70. The lowest BCUT2D eigenvalue weighted by molar-refractivity contribution is 0.102. The predicted octanol–water partition coefficient (Wildman–Crippen LogP) is 5.59. The first kappa shape index (κ1) is 19.3. The number of rotatable bonds is 6. The average molecular weight is 405 g/mol. The summed E-state index contributed by atoms with van der Waals surface area (Å²) >= 11 is 12.4. The Balaban J connectivity index is 1.94. The van der Waals surface area contributed by atoms with E-state index in [1.165, 1.54) is 12.1 Å². The minimum Gasteiger partial charge on any atom is -0.492 e. The Morgan fingerprint density at radius 1 is 1.07 bits per heavy atom. The number of carbonyl (C=O) groups is 1. The highest BCUT2D eigenvalue weighted by atomic mass is 35.5. The summed E-state index contributed by atoms with van der Waals surface area (Å²) in [5.74, 6) is 0.697. The molecule has 0 unspecified atom stereocenters. The minimum absolute atomic E-state index is 0.285. The summed E-state index contributed by atoms with van der Waals surface area (Å²) in [5.41, 5.74) is 1.63. The minimum atomic E-state index is -0.337. The second kappa shape index (κ2) is 8.46. The van der Waals surface area contributed by atoms with Gasteiger partial charge in [0.05, 0.1) is 28.9 Å². The Hall–Kier alpha value is -2.50. The molecule has 7 heteroatoms. The van der Waals surface area contributed by atoms with Crippen LogP contribution in [-0.4, -0.2) is 24.1 Å². The number of hydrogen-bond donors (Lipinski definition) is 1. The molecular weight excluding hydrogens is 387 g/mol. The standard InChI is InChI=1S/C20H18Cl2N2O3/c1-3-26-17-8-7-16(13-6-5-9-23-18(13)17)24-20(25)12-10-14(21)19(27-4-2)15(22)11-12/h5-11H,3-4H2,1-2H3,(H,24,25). The van der Waals surface area contributed by atoms with Crippen molar-refractivity contribution in [2.75, 3.05) is 18.5 Å². The molecule has 0 fully saturated rings. The average Bonchev–Trinajstić information content (AvgIpc) is 2.66. The number of fused-ring (bicyclic) bond motifs is 1. The van der Waals surface area contributed by atoms with E-state index < -0.39 is 0 Å². The first-order valence-corrected chi connectivity index (χ1v) is 9.24. The van der Waals surface area contributed by atoms with Crippen LogP contribution in [-0.2, 0) is 0 Å². The van der Waals surface area contributed by atoms with Gasteiger partial charge in [-0.1, -0.05) is 23.2 Å². The third-order valence-corrected chi connectivity index (χ3v) is 4.39. The van der Waals surface area contributed by atoms with E-state index in [4.69, 9.17) is 32.7 Å². The van der Waals surface area contributed by atoms with Crippen LogP contribution in [0.15, 0.2) is 42.6 Å². The number of aromatic nitrogens is 1. The third-order valence-electron chi connectivity index (χ3n) is 3.83. The first-order valence-electron chi connectivity index (χ1n) is 8.48. The Morgan fingerprint density at radius 3 is 2.44 bits per heavy atom. The second-order valence-corrected chi connectivity index (χ2v) is 6.41. The summed E-state index contributed by atoms with van der Waals surface area (Å²) in [5, 5.41) is 4.23. The van der Waals surface area contributed by atoms with Gasteiger partial charge in [0.1, 0.15) is 11.3 Å². The van der Waals surface area contributed by atoms with Crippen LogP contribution in [0.25, 0.3) is 10.9 Å². The fraction of sp³-hybridized carbons (Fsp3) is 0.200. The monoisotopic (exact) mass is 404 g/mol. The molecule has 3 aromatic rings. The number of anilines is 1. The number of benzene rings is 2. The molecule has 1 N–H and O–H groups in total. The highest BCUT2D eigenvalue weighted by molar-refractivity contribution is 6.37. The molecule has 1 amide bonds. The second-order valence-electron chi connectivity index (χ2n) is 5.60. The summed E-state index contributed by atoms with van der Waals surface area (Å²) in [6.07, 6.45) is 1.68. The van der Waals surface area contributed by atoms with Gasteiger partial charge in [-0.15, -0.1) is 0 Å². The Bertz CT molecular complexity index is 969. The molecule has 140 valence electrons.